The molecule has 0 aliphatic carbocycles. The summed E-state index contributed by atoms with van der Waals surface area (Å²) in [5.74, 6) is -0.940. The van der Waals surface area contributed by atoms with E-state index in [9.17, 15) is 9.90 Å². The van der Waals surface area contributed by atoms with Crippen molar-refractivity contribution in [2.45, 2.75) is 13.5 Å². The van der Waals surface area contributed by atoms with Gasteiger partial charge in [0.25, 0.3) is 0 Å². The van der Waals surface area contributed by atoms with Crippen LogP contribution in [-0.2, 0) is 6.54 Å². The second-order valence-corrected chi connectivity index (χ2v) is 5.56. The van der Waals surface area contributed by atoms with E-state index < -0.39 is 5.97 Å². The highest BCUT2D eigenvalue weighted by atomic mass is 35.5. The zero-order chi connectivity index (χ0) is 15.0. The molecule has 3 nitrogen and oxygen atoms in total. The Morgan fingerprint density at radius 1 is 1.19 bits per heavy atom. The number of aromatic nitrogens is 1. The van der Waals surface area contributed by atoms with Gasteiger partial charge in [-0.1, -0.05) is 41.4 Å². The topological polar surface area (TPSA) is 42.2 Å². The van der Waals surface area contributed by atoms with E-state index in [0.717, 1.165) is 11.1 Å². The summed E-state index contributed by atoms with van der Waals surface area (Å²) in [5.41, 5.74) is 3.48. The van der Waals surface area contributed by atoms with E-state index in [4.69, 9.17) is 11.6 Å². The van der Waals surface area contributed by atoms with Crippen LogP contribution in [0.25, 0.3) is 10.9 Å². The zero-order valence-electron chi connectivity index (χ0n) is 11.5. The molecule has 0 unspecified atom stereocenters. The van der Waals surface area contributed by atoms with Gasteiger partial charge in [-0.25, -0.2) is 4.79 Å². The lowest BCUT2D eigenvalue weighted by molar-refractivity contribution is 0.0699. The summed E-state index contributed by atoms with van der Waals surface area (Å²) in [5, 5.41) is 10.5. The number of aryl methyl sites for hydroxylation is 1. The first kappa shape index (κ1) is 13.7. The van der Waals surface area contributed by atoms with Gasteiger partial charge in [-0.2, -0.15) is 0 Å². The quantitative estimate of drug-likeness (QED) is 0.781. The van der Waals surface area contributed by atoms with E-state index in [0.29, 0.717) is 17.0 Å². The van der Waals surface area contributed by atoms with Crippen molar-refractivity contribution >= 4 is 28.5 Å². The molecule has 21 heavy (non-hydrogen) atoms. The lowest BCUT2D eigenvalue weighted by atomic mass is 10.1. The number of nitrogens with zero attached hydrogens (tertiary/aromatic N) is 1. The molecule has 1 heterocycles. The summed E-state index contributed by atoms with van der Waals surface area (Å²) >= 11 is 5.98. The van der Waals surface area contributed by atoms with Crippen molar-refractivity contribution in [3.05, 3.63) is 70.4 Å². The second-order valence-electron chi connectivity index (χ2n) is 5.12. The van der Waals surface area contributed by atoms with Crippen molar-refractivity contribution < 1.29 is 9.90 Å². The maximum atomic E-state index is 11.4. The first-order chi connectivity index (χ1) is 10.0. The van der Waals surface area contributed by atoms with Gasteiger partial charge in [0, 0.05) is 28.7 Å². The van der Waals surface area contributed by atoms with Crippen molar-refractivity contribution in [1.82, 2.24) is 4.57 Å². The number of fused-ring (bicyclic) bond motifs is 1. The molecule has 0 aliphatic heterocycles. The lowest BCUT2D eigenvalue weighted by Gasteiger charge is -2.06. The summed E-state index contributed by atoms with van der Waals surface area (Å²) in [6.45, 7) is 2.67. The van der Waals surface area contributed by atoms with Crippen molar-refractivity contribution in [1.29, 1.82) is 0 Å². The molecule has 1 aromatic heterocycles. The van der Waals surface area contributed by atoms with Gasteiger partial charge in [0.15, 0.2) is 0 Å². The molecule has 2 aromatic carbocycles. The number of rotatable bonds is 3. The van der Waals surface area contributed by atoms with E-state index in [1.165, 1.54) is 5.56 Å². The summed E-state index contributed by atoms with van der Waals surface area (Å²) in [4.78, 5) is 11.4. The highest BCUT2D eigenvalue weighted by molar-refractivity contribution is 6.31. The first-order valence-electron chi connectivity index (χ1n) is 6.62. The average molecular weight is 300 g/mol. The van der Waals surface area contributed by atoms with Crippen LogP contribution in [0.2, 0.25) is 5.02 Å². The molecule has 0 saturated carbocycles. The third-order valence-corrected chi connectivity index (χ3v) is 3.78. The van der Waals surface area contributed by atoms with Gasteiger partial charge in [0.1, 0.15) is 0 Å². The van der Waals surface area contributed by atoms with Crippen LogP contribution >= 0.6 is 11.6 Å². The zero-order valence-corrected chi connectivity index (χ0v) is 12.3. The van der Waals surface area contributed by atoms with Crippen LogP contribution < -0.4 is 0 Å². The van der Waals surface area contributed by atoms with Gasteiger partial charge in [0.2, 0.25) is 0 Å². The molecular weight excluding hydrogens is 286 g/mol. The Kier molecular flexibility index (Phi) is 3.43. The van der Waals surface area contributed by atoms with E-state index in [2.05, 4.69) is 24.3 Å². The van der Waals surface area contributed by atoms with E-state index in [1.54, 1.807) is 18.3 Å². The van der Waals surface area contributed by atoms with Gasteiger partial charge >= 0.3 is 5.97 Å². The molecule has 4 heteroatoms. The second kappa shape index (κ2) is 5.26. The average Bonchev–Trinajstić information content (AvgIpc) is 2.79. The number of carboxylic acid groups (broad SMARTS) is 1. The standard InChI is InChI=1S/C17H14ClNO2/c1-11-2-4-12(5-3-11)9-19-10-15(17(20)21)14-8-13(18)6-7-16(14)19/h2-8,10H,9H2,1H3,(H,20,21). The Morgan fingerprint density at radius 2 is 1.90 bits per heavy atom. The van der Waals surface area contributed by atoms with E-state index in [1.807, 2.05) is 17.6 Å². The highest BCUT2D eigenvalue weighted by Gasteiger charge is 2.14. The predicted octanol–water partition coefficient (Wildman–Crippen LogP) is 4.35. The fourth-order valence-corrected chi connectivity index (χ4v) is 2.63. The number of carboxylic acids is 1. The van der Waals surface area contributed by atoms with Crippen LogP contribution in [-0.4, -0.2) is 15.6 Å². The smallest absolute Gasteiger partial charge is 0.337 e. The Hall–Kier alpha value is -2.26. The molecule has 0 amide bonds. The number of aromatic carboxylic acids is 1. The van der Waals surface area contributed by atoms with Crippen LogP contribution in [0.4, 0.5) is 0 Å². The molecule has 0 spiro atoms. The highest BCUT2D eigenvalue weighted by Crippen LogP contribution is 2.26. The molecule has 106 valence electrons. The fraction of sp³-hybridized carbons (Fsp3) is 0.118. The SMILES string of the molecule is Cc1ccc(Cn2cc(C(=O)O)c3cc(Cl)ccc32)cc1. The molecule has 3 rings (SSSR count). The lowest BCUT2D eigenvalue weighted by Crippen LogP contribution is -1.98. The van der Waals surface area contributed by atoms with Crippen molar-refractivity contribution in [2.24, 2.45) is 0 Å². The molecule has 1 N–H and O–H groups in total. The normalized spacial score (nSPS) is 11.0. The minimum Gasteiger partial charge on any atom is -0.478 e. The molecule has 0 fully saturated rings. The third kappa shape index (κ3) is 2.65. The predicted molar refractivity (Wildman–Crippen MR) is 84.2 cm³/mol. The van der Waals surface area contributed by atoms with Gasteiger partial charge in [-0.15, -0.1) is 0 Å². The number of hydrogen-bond donors (Lipinski definition) is 1. The van der Waals surface area contributed by atoms with Gasteiger partial charge in [0.05, 0.1) is 5.56 Å². The maximum Gasteiger partial charge on any atom is 0.337 e. The Bertz CT molecular complexity index is 819. The Labute approximate surface area is 127 Å². The summed E-state index contributed by atoms with van der Waals surface area (Å²) in [6, 6.07) is 13.5. The van der Waals surface area contributed by atoms with Crippen LogP contribution in [0.1, 0.15) is 21.5 Å². The molecular formula is C17H14ClNO2. The van der Waals surface area contributed by atoms with E-state index >= 15 is 0 Å². The summed E-state index contributed by atoms with van der Waals surface area (Å²) in [7, 11) is 0. The van der Waals surface area contributed by atoms with Gasteiger partial charge in [-0.3, -0.25) is 0 Å². The largest absolute Gasteiger partial charge is 0.478 e. The first-order valence-corrected chi connectivity index (χ1v) is 6.99. The molecule has 0 bridgehead atoms. The Morgan fingerprint density at radius 3 is 2.57 bits per heavy atom. The van der Waals surface area contributed by atoms with Gasteiger partial charge in [-0.05, 0) is 30.7 Å². The van der Waals surface area contributed by atoms with Crippen molar-refractivity contribution in [2.75, 3.05) is 0 Å². The number of carbonyl (C=O) groups is 1. The summed E-state index contributed by atoms with van der Waals surface area (Å²) in [6.07, 6.45) is 1.67. The van der Waals surface area contributed by atoms with Crippen LogP contribution in [0.15, 0.2) is 48.7 Å². The summed E-state index contributed by atoms with van der Waals surface area (Å²) < 4.78 is 1.94. The number of halogens is 1. The molecule has 0 saturated heterocycles. The molecule has 0 radical (unpaired) electrons. The van der Waals surface area contributed by atoms with Crippen LogP contribution in [0.3, 0.4) is 0 Å². The molecule has 0 aliphatic rings. The monoisotopic (exact) mass is 299 g/mol. The van der Waals surface area contributed by atoms with E-state index in [-0.39, 0.29) is 5.56 Å². The van der Waals surface area contributed by atoms with Gasteiger partial charge < -0.3 is 9.67 Å². The fourth-order valence-electron chi connectivity index (χ4n) is 2.46. The maximum absolute atomic E-state index is 11.4. The molecule has 0 atom stereocenters. The van der Waals surface area contributed by atoms with Crippen LogP contribution in [0, 0.1) is 6.92 Å². The minimum atomic E-state index is -0.940. The Balaban J connectivity index is 2.10. The van der Waals surface area contributed by atoms with Crippen molar-refractivity contribution in [3.8, 4) is 0 Å². The number of benzene rings is 2. The number of hydrogen-bond acceptors (Lipinski definition) is 1. The third-order valence-electron chi connectivity index (χ3n) is 3.55. The minimum absolute atomic E-state index is 0.277. The molecule has 3 aromatic rings. The van der Waals surface area contributed by atoms with Crippen LogP contribution in [0.5, 0.6) is 0 Å². The van der Waals surface area contributed by atoms with Crippen molar-refractivity contribution in [3.63, 3.8) is 0 Å².